The van der Waals surface area contributed by atoms with Gasteiger partial charge < -0.3 is 11.1 Å². The van der Waals surface area contributed by atoms with Gasteiger partial charge >= 0.3 is 29.6 Å². The Labute approximate surface area is 208 Å². The van der Waals surface area contributed by atoms with E-state index in [9.17, 15) is 0 Å². The maximum Gasteiger partial charge on any atom is 1.00 e. The van der Waals surface area contributed by atoms with E-state index >= 15 is 0 Å². The smallest absolute Gasteiger partial charge is 0.373 e. The molecule has 0 saturated heterocycles. The summed E-state index contributed by atoms with van der Waals surface area (Å²) < 4.78 is -1.74. The SMILES string of the molecule is N#CC(Cl)(Cl)Cl.[N-]=[N+]=[N-].[Na+].c1ccc(P(c2ccccc2)c2ccccc2)cc1. The van der Waals surface area contributed by atoms with Crippen LogP contribution in [0.25, 0.3) is 16.0 Å². The minimum Gasteiger partial charge on any atom is -0.373 e. The standard InChI is InChI=1S/C18H15P.C2Cl3N.N3.Na/c1-4-10-16(11-5-1)19(17-12-6-2-7-13-17)18-14-8-3-9-15-18;3-2(4,5)1-6;1-3-2;/h1-15H;;;/q;;-1;+1. The second-order valence-corrected chi connectivity index (χ2v) is 9.54. The maximum absolute atomic E-state index is 7.76. The first-order valence-corrected chi connectivity index (χ1v) is 10.3. The molecule has 0 aliphatic heterocycles. The van der Waals surface area contributed by atoms with Crippen molar-refractivity contribution in [3.63, 3.8) is 0 Å². The zero-order valence-electron chi connectivity index (χ0n) is 15.5. The van der Waals surface area contributed by atoms with Gasteiger partial charge in [0, 0.05) is 0 Å². The molecule has 29 heavy (non-hydrogen) atoms. The van der Waals surface area contributed by atoms with Crippen LogP contribution in [0.3, 0.4) is 0 Å². The van der Waals surface area contributed by atoms with Crippen LogP contribution in [0, 0.1) is 11.3 Å². The molecular formula is C20H15Cl3N4NaP. The molecule has 4 nitrogen and oxygen atoms in total. The summed E-state index contributed by atoms with van der Waals surface area (Å²) in [4.78, 5) is 1.50. The van der Waals surface area contributed by atoms with Crippen LogP contribution in [0.2, 0.25) is 0 Å². The molecule has 9 heteroatoms. The quantitative estimate of drug-likeness (QED) is 0.144. The third-order valence-electron chi connectivity index (χ3n) is 3.17. The van der Waals surface area contributed by atoms with Gasteiger partial charge in [0.1, 0.15) is 6.07 Å². The Morgan fingerprint density at radius 3 is 1.07 bits per heavy atom. The largest absolute Gasteiger partial charge is 1.00 e. The van der Waals surface area contributed by atoms with Crippen molar-refractivity contribution < 1.29 is 29.6 Å². The molecule has 0 aromatic heterocycles. The van der Waals surface area contributed by atoms with Crippen LogP contribution in [-0.2, 0) is 0 Å². The molecule has 0 saturated carbocycles. The van der Waals surface area contributed by atoms with Gasteiger partial charge in [-0.1, -0.05) is 126 Å². The molecule has 142 valence electrons. The Hall–Kier alpha value is -1.24. The van der Waals surface area contributed by atoms with Crippen molar-refractivity contribution in [3.05, 3.63) is 107 Å². The Kier molecular flexibility index (Phi) is 14.9. The summed E-state index contributed by atoms with van der Waals surface area (Å²) in [6, 6.07) is 33.7. The van der Waals surface area contributed by atoms with Crippen molar-refractivity contribution in [3.8, 4) is 6.07 Å². The molecule has 0 N–H and O–H groups in total. The number of halogens is 3. The van der Waals surface area contributed by atoms with Crippen LogP contribution in [0.4, 0.5) is 0 Å². The molecule has 0 amide bonds. The Balaban J connectivity index is 0.000000670. The van der Waals surface area contributed by atoms with Crippen LogP contribution in [0.1, 0.15) is 0 Å². The second kappa shape index (κ2) is 15.6. The molecule has 3 rings (SSSR count). The van der Waals surface area contributed by atoms with E-state index in [1.54, 1.807) is 0 Å². The number of benzene rings is 3. The Morgan fingerprint density at radius 1 is 0.690 bits per heavy atom. The van der Waals surface area contributed by atoms with Gasteiger partial charge in [-0.15, -0.1) is 0 Å². The molecule has 3 aromatic rings. The van der Waals surface area contributed by atoms with E-state index in [-0.39, 0.29) is 29.6 Å². The molecule has 0 unspecified atom stereocenters. The minimum absolute atomic E-state index is 0. The molecular weight excluding hydrogens is 457 g/mol. The van der Waals surface area contributed by atoms with E-state index in [1.165, 1.54) is 26.9 Å². The van der Waals surface area contributed by atoms with Gasteiger partial charge in [-0.3, -0.25) is 4.91 Å². The van der Waals surface area contributed by atoms with Gasteiger partial charge in [0.05, 0.1) is 0 Å². The van der Waals surface area contributed by atoms with Gasteiger partial charge in [-0.25, -0.2) is 0 Å². The monoisotopic (exact) mass is 470 g/mol. The Morgan fingerprint density at radius 2 is 0.897 bits per heavy atom. The third kappa shape index (κ3) is 11.5. The number of hydrogen-bond acceptors (Lipinski definition) is 1. The third-order valence-corrected chi connectivity index (χ3v) is 5.87. The molecule has 0 fully saturated rings. The average molecular weight is 472 g/mol. The van der Waals surface area contributed by atoms with Gasteiger partial charge in [0.25, 0.3) is 3.79 Å². The van der Waals surface area contributed by atoms with Crippen LogP contribution in [-0.4, -0.2) is 3.79 Å². The fourth-order valence-corrected chi connectivity index (χ4v) is 4.48. The molecule has 0 heterocycles. The summed E-state index contributed by atoms with van der Waals surface area (Å²) >= 11 is 14.7. The summed E-state index contributed by atoms with van der Waals surface area (Å²) in [7, 11) is -0.446. The maximum atomic E-state index is 7.76. The molecule has 0 radical (unpaired) electrons. The fourth-order valence-electron chi connectivity index (χ4n) is 2.18. The average Bonchev–Trinajstić information content (AvgIpc) is 2.71. The van der Waals surface area contributed by atoms with E-state index in [4.69, 9.17) is 51.1 Å². The first-order valence-electron chi connectivity index (χ1n) is 7.84. The van der Waals surface area contributed by atoms with E-state index in [2.05, 4.69) is 91.0 Å². The predicted octanol–water partition coefficient (Wildman–Crippen LogP) is 3.20. The summed E-state index contributed by atoms with van der Waals surface area (Å²) in [6.45, 7) is 0. The summed E-state index contributed by atoms with van der Waals surface area (Å²) in [5, 5.41) is 12.0. The van der Waals surface area contributed by atoms with E-state index < -0.39 is 11.7 Å². The zero-order valence-corrected chi connectivity index (χ0v) is 20.7. The normalized spacial score (nSPS) is 9.34. The summed E-state index contributed by atoms with van der Waals surface area (Å²) in [6.07, 6.45) is 0. The van der Waals surface area contributed by atoms with Crippen molar-refractivity contribution in [2.75, 3.05) is 0 Å². The van der Waals surface area contributed by atoms with Crippen molar-refractivity contribution in [2.24, 2.45) is 0 Å². The zero-order chi connectivity index (χ0) is 20.8. The minimum atomic E-state index is -1.74. The van der Waals surface area contributed by atoms with Crippen molar-refractivity contribution in [1.82, 2.24) is 0 Å². The molecule has 0 spiro atoms. The number of nitrogens with zero attached hydrogens (tertiary/aromatic N) is 4. The van der Waals surface area contributed by atoms with Crippen molar-refractivity contribution in [2.45, 2.75) is 3.79 Å². The number of nitriles is 1. The molecule has 0 atom stereocenters. The van der Waals surface area contributed by atoms with Crippen LogP contribution in [0.15, 0.2) is 91.0 Å². The van der Waals surface area contributed by atoms with E-state index in [1.807, 2.05) is 0 Å². The molecule has 0 aliphatic carbocycles. The molecule has 0 aliphatic rings. The van der Waals surface area contributed by atoms with Gasteiger partial charge in [-0.2, -0.15) is 5.26 Å². The summed E-state index contributed by atoms with van der Waals surface area (Å²) in [5.74, 6) is 0. The van der Waals surface area contributed by atoms with Gasteiger partial charge in [0.2, 0.25) is 0 Å². The first kappa shape index (κ1) is 27.8. The van der Waals surface area contributed by atoms with Gasteiger partial charge in [0.15, 0.2) is 0 Å². The summed E-state index contributed by atoms with van der Waals surface area (Å²) in [5.41, 5.74) is 13.5. The second-order valence-electron chi connectivity index (χ2n) is 5.04. The fraction of sp³-hybridized carbons (Fsp3) is 0.0500. The number of hydrogen-bond donors (Lipinski definition) is 0. The van der Waals surface area contributed by atoms with Crippen LogP contribution in [0.5, 0.6) is 0 Å². The Bertz CT molecular complexity index is 802. The van der Waals surface area contributed by atoms with Crippen LogP contribution >= 0.6 is 42.7 Å². The van der Waals surface area contributed by atoms with Crippen molar-refractivity contribution in [1.29, 1.82) is 5.26 Å². The van der Waals surface area contributed by atoms with Crippen LogP contribution < -0.4 is 45.5 Å². The van der Waals surface area contributed by atoms with E-state index in [0.717, 1.165) is 0 Å². The van der Waals surface area contributed by atoms with Gasteiger partial charge in [-0.05, 0) is 23.8 Å². The predicted molar refractivity (Wildman–Crippen MR) is 121 cm³/mol. The molecule has 3 aromatic carbocycles. The van der Waals surface area contributed by atoms with Crippen molar-refractivity contribution >= 4 is 58.6 Å². The number of alkyl halides is 3. The topological polar surface area (TPSA) is 82.5 Å². The van der Waals surface area contributed by atoms with E-state index in [0.29, 0.717) is 0 Å². The first-order chi connectivity index (χ1) is 13.4. The number of rotatable bonds is 3. The molecule has 0 bridgehead atoms.